The number of phenolic OH excluding ortho intramolecular Hbond substituents is 1. The van der Waals surface area contributed by atoms with Crippen molar-refractivity contribution >= 4 is 45.8 Å². The second-order valence-electron chi connectivity index (χ2n) is 9.16. The summed E-state index contributed by atoms with van der Waals surface area (Å²) in [4.78, 5) is 12.6. The Bertz CT molecular complexity index is 960. The summed E-state index contributed by atoms with van der Waals surface area (Å²) in [5.74, 6) is 0.111. The zero-order valence-electron chi connectivity index (χ0n) is 16.7. The predicted molar refractivity (Wildman–Crippen MR) is 121 cm³/mol. The first kappa shape index (κ1) is 19.9. The van der Waals surface area contributed by atoms with Gasteiger partial charge in [-0.15, -0.1) is 0 Å². The van der Waals surface area contributed by atoms with Crippen molar-refractivity contribution in [2.75, 3.05) is 5.32 Å². The van der Waals surface area contributed by atoms with Gasteiger partial charge >= 0.3 is 0 Å². The SMILES string of the molecule is CC(C)(C)c1cc(C=C2C(=O)Nc3ccc(I)cc32)c(O)c(C(C)(C)C)c1. The number of hydrogen-bond acceptors (Lipinski definition) is 2. The number of aromatic hydroxyl groups is 1. The lowest BCUT2D eigenvalue weighted by Crippen LogP contribution is -2.17. The molecule has 1 amide bonds. The fraction of sp³-hybridized carbons (Fsp3) is 0.348. The highest BCUT2D eigenvalue weighted by Crippen LogP contribution is 2.41. The molecule has 142 valence electrons. The Morgan fingerprint density at radius 1 is 1.00 bits per heavy atom. The number of rotatable bonds is 1. The molecule has 2 N–H and O–H groups in total. The topological polar surface area (TPSA) is 49.3 Å². The van der Waals surface area contributed by atoms with Gasteiger partial charge in [0.15, 0.2) is 0 Å². The number of carbonyl (C=O) groups is 1. The van der Waals surface area contributed by atoms with Crippen LogP contribution in [-0.2, 0) is 15.6 Å². The van der Waals surface area contributed by atoms with Crippen LogP contribution in [0.15, 0.2) is 30.3 Å². The van der Waals surface area contributed by atoms with E-state index in [1.54, 1.807) is 0 Å². The van der Waals surface area contributed by atoms with Gasteiger partial charge in [-0.05, 0) is 69.3 Å². The number of hydrogen-bond donors (Lipinski definition) is 2. The van der Waals surface area contributed by atoms with Crippen LogP contribution in [0.25, 0.3) is 11.6 Å². The van der Waals surface area contributed by atoms with Gasteiger partial charge in [0.2, 0.25) is 0 Å². The average molecular weight is 475 g/mol. The monoisotopic (exact) mass is 475 g/mol. The van der Waals surface area contributed by atoms with Crippen molar-refractivity contribution in [3.05, 3.63) is 56.2 Å². The maximum absolute atomic E-state index is 12.6. The minimum Gasteiger partial charge on any atom is -0.507 e. The van der Waals surface area contributed by atoms with Crippen molar-refractivity contribution in [2.24, 2.45) is 0 Å². The van der Waals surface area contributed by atoms with E-state index in [2.05, 4.69) is 75.5 Å². The molecule has 1 aliphatic rings. The minimum absolute atomic E-state index is 0.0633. The highest BCUT2D eigenvalue weighted by Gasteiger charge is 2.27. The lowest BCUT2D eigenvalue weighted by molar-refractivity contribution is -0.110. The van der Waals surface area contributed by atoms with Gasteiger partial charge in [0.05, 0.1) is 0 Å². The van der Waals surface area contributed by atoms with Gasteiger partial charge in [-0.25, -0.2) is 0 Å². The van der Waals surface area contributed by atoms with Crippen molar-refractivity contribution < 1.29 is 9.90 Å². The largest absolute Gasteiger partial charge is 0.507 e. The van der Waals surface area contributed by atoms with Crippen LogP contribution in [0.4, 0.5) is 5.69 Å². The normalized spacial score (nSPS) is 15.8. The molecule has 3 nitrogen and oxygen atoms in total. The molecule has 3 rings (SSSR count). The standard InChI is InChI=1S/C23H26INO2/c1-22(2,3)14-9-13(20(26)18(11-14)23(4,5)6)10-17-16-12-15(24)7-8-19(16)25-21(17)27/h7-12,26H,1-6H3,(H,25,27). The number of fused-ring (bicyclic) bond motifs is 1. The molecule has 2 aromatic carbocycles. The second kappa shape index (κ2) is 6.66. The zero-order chi connectivity index (χ0) is 20.1. The predicted octanol–water partition coefficient (Wildman–Crippen LogP) is 6.08. The Morgan fingerprint density at radius 2 is 1.67 bits per heavy atom. The molecule has 0 saturated carbocycles. The summed E-state index contributed by atoms with van der Waals surface area (Å²) < 4.78 is 1.07. The molecule has 0 aromatic heterocycles. The Hall–Kier alpha value is -1.82. The molecule has 0 radical (unpaired) electrons. The lowest BCUT2D eigenvalue weighted by Gasteiger charge is -2.27. The van der Waals surface area contributed by atoms with E-state index in [1.165, 1.54) is 0 Å². The molecule has 0 bridgehead atoms. The van der Waals surface area contributed by atoms with E-state index in [4.69, 9.17) is 0 Å². The van der Waals surface area contributed by atoms with Gasteiger partial charge in [-0.1, -0.05) is 47.6 Å². The first-order valence-corrected chi connectivity index (χ1v) is 10.2. The second-order valence-corrected chi connectivity index (χ2v) is 10.4. The first-order valence-electron chi connectivity index (χ1n) is 9.09. The first-order chi connectivity index (χ1) is 12.4. The van der Waals surface area contributed by atoms with E-state index in [-0.39, 0.29) is 22.5 Å². The van der Waals surface area contributed by atoms with Crippen LogP contribution in [0.3, 0.4) is 0 Å². The number of halogens is 1. The molecule has 2 aromatic rings. The summed E-state index contributed by atoms with van der Waals surface area (Å²) in [7, 11) is 0. The molecule has 0 aliphatic carbocycles. The molecule has 0 atom stereocenters. The molecule has 0 unspecified atom stereocenters. The Labute approximate surface area is 175 Å². The van der Waals surface area contributed by atoms with Crippen molar-refractivity contribution in [3.63, 3.8) is 0 Å². The van der Waals surface area contributed by atoms with Crippen LogP contribution >= 0.6 is 22.6 Å². The number of carbonyl (C=O) groups excluding carboxylic acids is 1. The summed E-state index contributed by atoms with van der Waals surface area (Å²) in [6, 6.07) is 9.97. The van der Waals surface area contributed by atoms with Crippen LogP contribution in [-0.4, -0.2) is 11.0 Å². The number of phenols is 1. The highest BCUT2D eigenvalue weighted by atomic mass is 127. The molecule has 1 heterocycles. The van der Waals surface area contributed by atoms with Crippen LogP contribution < -0.4 is 5.32 Å². The summed E-state index contributed by atoms with van der Waals surface area (Å²) in [5, 5.41) is 13.9. The maximum Gasteiger partial charge on any atom is 0.256 e. The maximum atomic E-state index is 12.6. The molecule has 1 aliphatic heterocycles. The van der Waals surface area contributed by atoms with Crippen LogP contribution in [0.2, 0.25) is 0 Å². The van der Waals surface area contributed by atoms with Gasteiger partial charge in [-0.3, -0.25) is 4.79 Å². The number of amides is 1. The lowest BCUT2D eigenvalue weighted by atomic mass is 9.78. The van der Waals surface area contributed by atoms with E-state index >= 15 is 0 Å². The van der Waals surface area contributed by atoms with Gasteiger partial charge in [0.25, 0.3) is 5.91 Å². The fourth-order valence-corrected chi connectivity index (χ4v) is 3.72. The van der Waals surface area contributed by atoms with Crippen LogP contribution in [0.1, 0.15) is 63.8 Å². The summed E-state index contributed by atoms with van der Waals surface area (Å²) in [6.07, 6.45) is 1.82. The van der Waals surface area contributed by atoms with E-state index in [0.29, 0.717) is 11.1 Å². The van der Waals surface area contributed by atoms with E-state index in [1.807, 2.05) is 30.3 Å². The molecule has 0 spiro atoms. The van der Waals surface area contributed by atoms with Crippen molar-refractivity contribution in [3.8, 4) is 5.75 Å². The molecule has 4 heteroatoms. The Morgan fingerprint density at radius 3 is 2.26 bits per heavy atom. The average Bonchev–Trinajstić information content (AvgIpc) is 2.82. The molecular weight excluding hydrogens is 449 g/mol. The highest BCUT2D eigenvalue weighted by molar-refractivity contribution is 14.1. The van der Waals surface area contributed by atoms with Gasteiger partial charge in [-0.2, -0.15) is 0 Å². The van der Waals surface area contributed by atoms with Crippen molar-refractivity contribution in [2.45, 2.75) is 52.4 Å². The molecular formula is C23H26INO2. The quantitative estimate of drug-likeness (QED) is 0.388. The fourth-order valence-electron chi connectivity index (χ4n) is 3.23. The minimum atomic E-state index is -0.205. The van der Waals surface area contributed by atoms with E-state index in [0.717, 1.165) is 25.9 Å². The third-order valence-corrected chi connectivity index (χ3v) is 5.55. The Kier molecular flexibility index (Phi) is 4.91. The van der Waals surface area contributed by atoms with Crippen LogP contribution in [0.5, 0.6) is 5.75 Å². The third kappa shape index (κ3) is 3.91. The third-order valence-electron chi connectivity index (χ3n) is 4.88. The number of benzene rings is 2. The number of anilines is 1. The van der Waals surface area contributed by atoms with Gasteiger partial charge in [0.1, 0.15) is 5.75 Å². The smallest absolute Gasteiger partial charge is 0.256 e. The summed E-state index contributed by atoms with van der Waals surface area (Å²) >= 11 is 2.24. The van der Waals surface area contributed by atoms with Crippen LogP contribution in [0, 0.1) is 3.57 Å². The molecule has 27 heavy (non-hydrogen) atoms. The van der Waals surface area contributed by atoms with Gasteiger partial charge in [0, 0.05) is 31.5 Å². The Balaban J connectivity index is 2.25. The summed E-state index contributed by atoms with van der Waals surface area (Å²) in [5.41, 5.74) is 4.73. The molecule has 0 fully saturated rings. The van der Waals surface area contributed by atoms with Crippen molar-refractivity contribution in [1.29, 1.82) is 0 Å². The molecule has 0 saturated heterocycles. The summed E-state index contributed by atoms with van der Waals surface area (Å²) in [6.45, 7) is 12.7. The zero-order valence-corrected chi connectivity index (χ0v) is 18.9. The van der Waals surface area contributed by atoms with E-state index in [9.17, 15) is 9.90 Å². The van der Waals surface area contributed by atoms with Crippen molar-refractivity contribution in [1.82, 2.24) is 0 Å². The van der Waals surface area contributed by atoms with Gasteiger partial charge < -0.3 is 10.4 Å². The number of nitrogens with one attached hydrogen (secondary N) is 1. The van der Waals surface area contributed by atoms with E-state index < -0.39 is 0 Å².